The highest BCUT2D eigenvalue weighted by molar-refractivity contribution is 7.98. The summed E-state index contributed by atoms with van der Waals surface area (Å²) in [4.78, 5) is 31.6. The Labute approximate surface area is 185 Å². The van der Waals surface area contributed by atoms with Crippen molar-refractivity contribution >= 4 is 34.5 Å². The molecule has 1 aliphatic heterocycles. The van der Waals surface area contributed by atoms with Gasteiger partial charge in [0.15, 0.2) is 11.6 Å². The number of hydrogen-bond donors (Lipinski definition) is 1. The number of hydrogen-bond acceptors (Lipinski definition) is 8. The number of aliphatic hydroxyl groups is 1. The van der Waals surface area contributed by atoms with E-state index in [0.29, 0.717) is 54.7 Å². The van der Waals surface area contributed by atoms with Crippen LogP contribution >= 0.6 is 11.8 Å². The molecule has 0 spiro atoms. The van der Waals surface area contributed by atoms with Crippen molar-refractivity contribution in [2.75, 3.05) is 51.6 Å². The van der Waals surface area contributed by atoms with Gasteiger partial charge in [0.1, 0.15) is 16.7 Å². The second-order valence-corrected chi connectivity index (χ2v) is 8.28. The second kappa shape index (κ2) is 9.17. The van der Waals surface area contributed by atoms with Crippen molar-refractivity contribution in [2.45, 2.75) is 11.5 Å². The monoisotopic (exact) mass is 439 g/mol. The number of morpholine rings is 1. The van der Waals surface area contributed by atoms with Crippen molar-refractivity contribution in [3.05, 3.63) is 41.6 Å². The molecule has 0 bridgehead atoms. The third-order valence-corrected chi connectivity index (χ3v) is 5.87. The van der Waals surface area contributed by atoms with Gasteiger partial charge in [0.25, 0.3) is 5.91 Å². The normalized spacial score (nSPS) is 14.1. The second-order valence-electron chi connectivity index (χ2n) is 7.44. The van der Waals surface area contributed by atoms with Gasteiger partial charge in [0.05, 0.1) is 19.8 Å². The maximum absolute atomic E-state index is 12.7. The maximum Gasteiger partial charge on any atom is 0.271 e. The molecule has 0 radical (unpaired) electrons. The number of anilines is 1. The van der Waals surface area contributed by atoms with Gasteiger partial charge in [0.2, 0.25) is 0 Å². The molecule has 2 aromatic heterocycles. The number of aliphatic hydroxyl groups excluding tert-OH is 1. The molecule has 3 aromatic rings. The zero-order valence-corrected chi connectivity index (χ0v) is 18.6. The van der Waals surface area contributed by atoms with Crippen LogP contribution in [0.3, 0.4) is 0 Å². The van der Waals surface area contributed by atoms with Crippen LogP contribution in [0.2, 0.25) is 0 Å². The van der Waals surface area contributed by atoms with Gasteiger partial charge in [-0.3, -0.25) is 4.79 Å². The first kappa shape index (κ1) is 21.5. The Balaban J connectivity index is 1.97. The zero-order chi connectivity index (χ0) is 22.0. The van der Waals surface area contributed by atoms with E-state index in [1.165, 1.54) is 16.7 Å². The van der Waals surface area contributed by atoms with Crippen LogP contribution in [0, 0.1) is 0 Å². The number of aromatic nitrogens is 3. The molecule has 3 heterocycles. The van der Waals surface area contributed by atoms with E-state index >= 15 is 0 Å². The van der Waals surface area contributed by atoms with Crippen molar-refractivity contribution in [3.63, 3.8) is 0 Å². The fraction of sp³-hybridized carbons (Fsp3) is 0.364. The lowest BCUT2D eigenvalue weighted by Crippen LogP contribution is -2.37. The number of nitrogens with zero attached hydrogens (tertiary/aromatic N) is 5. The first-order valence-corrected chi connectivity index (χ1v) is 11.3. The number of fused-ring (bicyclic) bond motifs is 1. The molecule has 162 valence electrons. The van der Waals surface area contributed by atoms with Gasteiger partial charge in [-0.1, -0.05) is 18.2 Å². The Morgan fingerprint density at radius 1 is 1.16 bits per heavy atom. The van der Waals surface area contributed by atoms with Crippen molar-refractivity contribution in [2.24, 2.45) is 0 Å². The summed E-state index contributed by atoms with van der Waals surface area (Å²) < 4.78 is 5.52. The Bertz CT molecular complexity index is 1120. The summed E-state index contributed by atoms with van der Waals surface area (Å²) in [6.45, 7) is 2.53. The molecule has 1 aliphatic rings. The molecular formula is C22H25N5O3S. The minimum absolute atomic E-state index is 0.0502. The molecule has 0 saturated carbocycles. The van der Waals surface area contributed by atoms with Crippen molar-refractivity contribution < 1.29 is 14.6 Å². The number of thioether (sulfide) groups is 1. The first-order chi connectivity index (χ1) is 15.0. The molecule has 1 amide bonds. The van der Waals surface area contributed by atoms with E-state index in [9.17, 15) is 9.90 Å². The van der Waals surface area contributed by atoms with Crippen LogP contribution in [0.4, 0.5) is 5.82 Å². The highest BCUT2D eigenvalue weighted by Gasteiger charge is 2.23. The Morgan fingerprint density at radius 3 is 2.61 bits per heavy atom. The van der Waals surface area contributed by atoms with E-state index in [0.717, 1.165) is 16.0 Å². The van der Waals surface area contributed by atoms with E-state index < -0.39 is 0 Å². The summed E-state index contributed by atoms with van der Waals surface area (Å²) in [5.41, 5.74) is 3.31. The van der Waals surface area contributed by atoms with Crippen LogP contribution in [-0.4, -0.2) is 77.5 Å². The Hall–Kier alpha value is -2.75. The quantitative estimate of drug-likeness (QED) is 0.606. The molecule has 1 aromatic carbocycles. The molecule has 8 nitrogen and oxygen atoms in total. The lowest BCUT2D eigenvalue weighted by Gasteiger charge is -2.29. The molecule has 9 heteroatoms. The van der Waals surface area contributed by atoms with Gasteiger partial charge >= 0.3 is 0 Å². The van der Waals surface area contributed by atoms with Gasteiger partial charge in [0, 0.05) is 37.6 Å². The molecule has 4 rings (SSSR count). The summed E-state index contributed by atoms with van der Waals surface area (Å²) in [6, 6.07) is 9.36. The van der Waals surface area contributed by atoms with Gasteiger partial charge in [-0.2, -0.15) is 0 Å². The summed E-state index contributed by atoms with van der Waals surface area (Å²) in [5.74, 6) is 1.10. The maximum atomic E-state index is 12.7. The number of benzene rings is 1. The summed E-state index contributed by atoms with van der Waals surface area (Å²) in [5, 5.41) is 9.54. The van der Waals surface area contributed by atoms with Crippen LogP contribution in [-0.2, 0) is 11.3 Å². The van der Waals surface area contributed by atoms with E-state index in [1.807, 2.05) is 30.5 Å². The Kier molecular flexibility index (Phi) is 6.35. The number of carbonyl (C=O) groups excluding carboxylic acids is 1. The summed E-state index contributed by atoms with van der Waals surface area (Å²) >= 11 is 1.52. The molecule has 31 heavy (non-hydrogen) atoms. The third-order valence-electron chi connectivity index (χ3n) is 5.12. The van der Waals surface area contributed by atoms with E-state index in [4.69, 9.17) is 19.7 Å². The molecule has 0 aliphatic carbocycles. The SMILES string of the molecule is CSc1cc(C(=O)N(C)C)nc2c(N3CCOCC3)nc(-c3cccc(CO)c3)nc12. The van der Waals surface area contributed by atoms with E-state index in [-0.39, 0.29) is 12.5 Å². The van der Waals surface area contributed by atoms with Crippen LogP contribution in [0.25, 0.3) is 22.4 Å². The highest BCUT2D eigenvalue weighted by atomic mass is 32.2. The fourth-order valence-corrected chi connectivity index (χ4v) is 4.06. The topological polar surface area (TPSA) is 91.7 Å². The lowest BCUT2D eigenvalue weighted by atomic mass is 10.1. The zero-order valence-electron chi connectivity index (χ0n) is 17.8. The average Bonchev–Trinajstić information content (AvgIpc) is 2.82. The summed E-state index contributed by atoms with van der Waals surface area (Å²) in [7, 11) is 3.42. The van der Waals surface area contributed by atoms with E-state index in [2.05, 4.69) is 4.90 Å². The standard InChI is InChI=1S/C22H25N5O3S/c1-26(2)22(29)16-12-17(31-3)18-19(23-16)21(27-7-9-30-10-8-27)25-20(24-18)15-6-4-5-14(11-15)13-28/h4-6,11-12,28H,7-10,13H2,1-3H3. The number of rotatable bonds is 5. The molecule has 1 saturated heterocycles. The Morgan fingerprint density at radius 2 is 1.94 bits per heavy atom. The summed E-state index contributed by atoms with van der Waals surface area (Å²) in [6.07, 6.45) is 1.96. The molecular weight excluding hydrogens is 414 g/mol. The molecule has 1 fully saturated rings. The minimum Gasteiger partial charge on any atom is -0.392 e. The van der Waals surface area contributed by atoms with Crippen LogP contribution < -0.4 is 4.90 Å². The number of ether oxygens (including phenoxy) is 1. The van der Waals surface area contributed by atoms with Crippen LogP contribution in [0.1, 0.15) is 16.1 Å². The van der Waals surface area contributed by atoms with Crippen LogP contribution in [0.15, 0.2) is 35.2 Å². The fourth-order valence-electron chi connectivity index (χ4n) is 3.49. The third kappa shape index (κ3) is 4.34. The average molecular weight is 440 g/mol. The van der Waals surface area contributed by atoms with Gasteiger partial charge in [-0.05, 0) is 24.0 Å². The largest absolute Gasteiger partial charge is 0.392 e. The smallest absolute Gasteiger partial charge is 0.271 e. The first-order valence-electron chi connectivity index (χ1n) is 10.0. The van der Waals surface area contributed by atoms with Gasteiger partial charge in [-0.15, -0.1) is 11.8 Å². The highest BCUT2D eigenvalue weighted by Crippen LogP contribution is 2.33. The van der Waals surface area contributed by atoms with Gasteiger partial charge in [-0.25, -0.2) is 15.0 Å². The van der Waals surface area contributed by atoms with Gasteiger partial charge < -0.3 is 19.6 Å². The predicted octanol–water partition coefficient (Wildman–Crippen LogP) is 2.44. The predicted molar refractivity (Wildman–Crippen MR) is 122 cm³/mol. The number of amides is 1. The number of pyridine rings is 1. The molecule has 0 atom stereocenters. The molecule has 0 unspecified atom stereocenters. The minimum atomic E-state index is -0.162. The van der Waals surface area contributed by atoms with Crippen molar-refractivity contribution in [1.29, 1.82) is 0 Å². The molecule has 1 N–H and O–H groups in total. The van der Waals surface area contributed by atoms with Crippen LogP contribution in [0.5, 0.6) is 0 Å². The van der Waals surface area contributed by atoms with E-state index in [1.54, 1.807) is 20.2 Å². The lowest BCUT2D eigenvalue weighted by molar-refractivity contribution is 0.0822. The van der Waals surface area contributed by atoms with Crippen molar-refractivity contribution in [3.8, 4) is 11.4 Å². The number of carbonyl (C=O) groups is 1. The van der Waals surface area contributed by atoms with Crippen molar-refractivity contribution in [1.82, 2.24) is 19.9 Å².